The van der Waals surface area contributed by atoms with E-state index in [9.17, 15) is 24.3 Å². The van der Waals surface area contributed by atoms with Gasteiger partial charge in [-0.05, 0) is 74.2 Å². The molecular weight excluding hydrogens is 656 g/mol. The molecule has 4 aliphatic carbocycles. The molecule has 0 bridgehead atoms. The molecule has 0 aromatic carbocycles. The largest absolute Gasteiger partial charge is 0.458 e. The van der Waals surface area contributed by atoms with Crippen LogP contribution in [0.5, 0.6) is 0 Å². The molecule has 50 heavy (non-hydrogen) atoms. The average molecular weight is 705 g/mol. The second kappa shape index (κ2) is 12.1. The fourth-order valence-electron chi connectivity index (χ4n) is 11.4. The van der Waals surface area contributed by atoms with Gasteiger partial charge in [0.05, 0.1) is 23.9 Å². The van der Waals surface area contributed by atoms with E-state index in [0.29, 0.717) is 37.7 Å². The van der Waals surface area contributed by atoms with Crippen LogP contribution in [0.4, 0.5) is 0 Å². The number of rotatable bonds is 5. The van der Waals surface area contributed by atoms with Crippen LogP contribution in [-0.2, 0) is 61.9 Å². The Morgan fingerprint density at radius 3 is 2.30 bits per heavy atom. The van der Waals surface area contributed by atoms with Gasteiger partial charge >= 0.3 is 23.9 Å². The predicted octanol–water partition coefficient (Wildman–Crippen LogP) is 2.31. The van der Waals surface area contributed by atoms with Gasteiger partial charge in [-0.2, -0.15) is 0 Å². The smallest absolute Gasteiger partial charge is 0.331 e. The number of carbonyl (C=O) groups is 5. The van der Waals surface area contributed by atoms with Crippen molar-refractivity contribution in [2.24, 2.45) is 34.5 Å². The van der Waals surface area contributed by atoms with Gasteiger partial charge < -0.3 is 43.0 Å². The molecular formula is C36H48O14. The Kier molecular flexibility index (Phi) is 8.57. The maximum atomic E-state index is 15.0. The quantitative estimate of drug-likeness (QED) is 0.250. The Morgan fingerprint density at radius 2 is 1.68 bits per heavy atom. The minimum atomic E-state index is -1.94. The van der Waals surface area contributed by atoms with Crippen molar-refractivity contribution < 1.29 is 67.0 Å². The summed E-state index contributed by atoms with van der Waals surface area (Å²) in [5.74, 6) is -6.19. The van der Waals surface area contributed by atoms with Crippen molar-refractivity contribution in [2.75, 3.05) is 13.7 Å². The minimum absolute atomic E-state index is 0.0292. The Bertz CT molecular complexity index is 1510. The zero-order valence-corrected chi connectivity index (χ0v) is 29.6. The number of Topliss-reactive ketones (excluding diaryl/α,β-unsaturated/α-hetero) is 1. The average Bonchev–Trinajstić information content (AvgIpc) is 3.57. The second-order valence-corrected chi connectivity index (χ2v) is 15.9. The number of esters is 4. The first-order chi connectivity index (χ1) is 23.5. The number of methoxy groups -OCH3 is 1. The van der Waals surface area contributed by atoms with E-state index in [1.54, 1.807) is 6.92 Å². The van der Waals surface area contributed by atoms with Crippen LogP contribution in [-0.4, -0.2) is 103 Å². The Morgan fingerprint density at radius 1 is 0.960 bits per heavy atom. The molecule has 3 heterocycles. The van der Waals surface area contributed by atoms with Crippen LogP contribution < -0.4 is 0 Å². The van der Waals surface area contributed by atoms with E-state index in [1.165, 1.54) is 34.0 Å². The summed E-state index contributed by atoms with van der Waals surface area (Å²) in [7, 11) is 1.40. The van der Waals surface area contributed by atoms with Crippen LogP contribution in [0.1, 0.15) is 80.1 Å². The molecule has 7 rings (SSSR count). The summed E-state index contributed by atoms with van der Waals surface area (Å²) in [6, 6.07) is 0. The van der Waals surface area contributed by atoms with Crippen molar-refractivity contribution in [3.63, 3.8) is 0 Å². The maximum absolute atomic E-state index is 15.0. The van der Waals surface area contributed by atoms with Gasteiger partial charge in [0, 0.05) is 45.3 Å². The van der Waals surface area contributed by atoms with Crippen molar-refractivity contribution in [1.29, 1.82) is 0 Å². The van der Waals surface area contributed by atoms with E-state index < -0.39 is 107 Å². The highest BCUT2D eigenvalue weighted by atomic mass is 16.8. The number of ether oxygens (including phenoxy) is 8. The molecule has 14 heteroatoms. The number of cyclic esters (lactones) is 1. The van der Waals surface area contributed by atoms with E-state index >= 15 is 4.79 Å². The Hall–Kier alpha value is -2.91. The number of aliphatic hydroxyl groups is 1. The highest BCUT2D eigenvalue weighted by molar-refractivity contribution is 5.91. The highest BCUT2D eigenvalue weighted by Crippen LogP contribution is 2.70. The molecule has 15 atom stereocenters. The van der Waals surface area contributed by atoms with E-state index in [1.807, 2.05) is 13.8 Å². The van der Waals surface area contributed by atoms with Gasteiger partial charge in [-0.15, -0.1) is 0 Å². The number of hydrogen-bond donors (Lipinski definition) is 1. The topological polar surface area (TPSA) is 179 Å². The zero-order chi connectivity index (χ0) is 36.1. The first-order valence-electron chi connectivity index (χ1n) is 17.7. The molecule has 276 valence electrons. The number of carbonyl (C=O) groups excluding carboxylic acids is 5. The lowest BCUT2D eigenvalue weighted by atomic mass is 9.41. The molecule has 7 aliphatic rings. The Labute approximate surface area is 290 Å². The number of fused-ring (bicyclic) bond motifs is 7. The van der Waals surface area contributed by atoms with Crippen LogP contribution in [0, 0.1) is 34.5 Å². The van der Waals surface area contributed by atoms with Crippen LogP contribution in [0.15, 0.2) is 11.6 Å². The van der Waals surface area contributed by atoms with E-state index in [0.717, 1.165) is 0 Å². The molecule has 0 aromatic rings. The minimum Gasteiger partial charge on any atom is -0.458 e. The van der Waals surface area contributed by atoms with Crippen molar-refractivity contribution in [3.8, 4) is 0 Å². The maximum Gasteiger partial charge on any atom is 0.331 e. The standard InChI is InChI=1S/C36H48O14/c1-16-29(46-17(2)37)31(43-7)36(49-19(4)39)32(45-16)48-24-13-21-8-9-23-27(33(21,5)14-25(24)50-36)28(41)30(47-18(3)38)34(6)22(10-11-35(23,34)42)20-12-26(40)44-15-20/h12,16,21-25,27,29-32,42H,8-11,13-15H2,1-7H3/t16-,21-,22-,23-,24-,25-,27-,29+,30+,31-,32+,33+,34+,35+,36+/m1/s1. The molecule has 0 aromatic heterocycles. The molecule has 14 nitrogen and oxygen atoms in total. The summed E-state index contributed by atoms with van der Waals surface area (Å²) >= 11 is 0. The lowest BCUT2D eigenvalue weighted by Crippen LogP contribution is -2.76. The molecule has 0 radical (unpaired) electrons. The monoisotopic (exact) mass is 704 g/mol. The summed E-state index contributed by atoms with van der Waals surface area (Å²) in [6.07, 6.45) is -2.12. The lowest BCUT2D eigenvalue weighted by Gasteiger charge is -2.66. The van der Waals surface area contributed by atoms with Crippen molar-refractivity contribution in [3.05, 3.63) is 11.6 Å². The summed E-state index contributed by atoms with van der Waals surface area (Å²) in [5.41, 5.74) is -2.65. The molecule has 3 aliphatic heterocycles. The molecule has 0 spiro atoms. The molecule has 0 amide bonds. The van der Waals surface area contributed by atoms with Gasteiger partial charge in [0.2, 0.25) is 6.29 Å². The fraction of sp³-hybridized carbons (Fsp3) is 0.806. The van der Waals surface area contributed by atoms with Gasteiger partial charge in [-0.1, -0.05) is 13.8 Å². The van der Waals surface area contributed by atoms with E-state index in [2.05, 4.69) is 0 Å². The Balaban J connectivity index is 1.26. The summed E-state index contributed by atoms with van der Waals surface area (Å²) < 4.78 is 48.0. The molecule has 6 fully saturated rings. The first-order valence-corrected chi connectivity index (χ1v) is 17.7. The van der Waals surface area contributed by atoms with Gasteiger partial charge in [0.15, 0.2) is 24.1 Å². The highest BCUT2D eigenvalue weighted by Gasteiger charge is 2.76. The zero-order valence-electron chi connectivity index (χ0n) is 29.6. The summed E-state index contributed by atoms with van der Waals surface area (Å²) in [5, 5.41) is 12.9. The van der Waals surface area contributed by atoms with Crippen LogP contribution in [0.3, 0.4) is 0 Å². The van der Waals surface area contributed by atoms with Crippen molar-refractivity contribution in [1.82, 2.24) is 0 Å². The SMILES string of the molecule is CO[C@@H]1[C@@H](OC(C)=O)[C@@H](C)O[C@H]2O[C@@H]3C[C@H]4CC[C@@H]5[C@H](C(=O)[C@H](OC(C)=O)[C@]6(C)[C@@H](C7=CC(=O)OC7)CC[C@]56O)[C@@]4(C)C[C@H]3O[C@]21OC(C)=O. The van der Waals surface area contributed by atoms with Crippen molar-refractivity contribution in [2.45, 2.75) is 134 Å². The van der Waals surface area contributed by atoms with Gasteiger partial charge in [0.1, 0.15) is 6.61 Å². The van der Waals surface area contributed by atoms with Gasteiger partial charge in [0.25, 0.3) is 5.79 Å². The summed E-state index contributed by atoms with van der Waals surface area (Å²) in [4.78, 5) is 64.5. The predicted molar refractivity (Wildman–Crippen MR) is 167 cm³/mol. The molecule has 2 saturated heterocycles. The van der Waals surface area contributed by atoms with Crippen LogP contribution in [0.25, 0.3) is 0 Å². The third-order valence-electron chi connectivity index (χ3n) is 13.4. The van der Waals surface area contributed by atoms with Gasteiger partial charge in [-0.3, -0.25) is 19.2 Å². The van der Waals surface area contributed by atoms with Crippen LogP contribution in [0.2, 0.25) is 0 Å². The molecule has 0 unspecified atom stereocenters. The number of ketones is 1. The van der Waals surface area contributed by atoms with E-state index in [-0.39, 0.29) is 24.7 Å². The first kappa shape index (κ1) is 35.5. The normalized spacial score (nSPS) is 49.2. The molecule has 4 saturated carbocycles. The van der Waals surface area contributed by atoms with Crippen molar-refractivity contribution >= 4 is 29.7 Å². The summed E-state index contributed by atoms with van der Waals surface area (Å²) in [6.45, 7) is 9.36. The third-order valence-corrected chi connectivity index (χ3v) is 13.4. The lowest BCUT2D eigenvalue weighted by molar-refractivity contribution is -0.469. The van der Waals surface area contributed by atoms with E-state index in [4.69, 9.17) is 37.9 Å². The number of hydrogen-bond acceptors (Lipinski definition) is 14. The van der Waals surface area contributed by atoms with Gasteiger partial charge in [-0.25, -0.2) is 4.79 Å². The second-order valence-electron chi connectivity index (χ2n) is 15.9. The fourth-order valence-corrected chi connectivity index (χ4v) is 11.4. The molecule has 1 N–H and O–H groups in total. The van der Waals surface area contributed by atoms with Crippen LogP contribution >= 0.6 is 0 Å². The third kappa shape index (κ3) is 4.95.